The van der Waals surface area contributed by atoms with Crippen LogP contribution in [0, 0.1) is 18.7 Å². The van der Waals surface area contributed by atoms with Gasteiger partial charge in [-0.05, 0) is 66.9 Å². The summed E-state index contributed by atoms with van der Waals surface area (Å²) < 4.78 is 18.6. The van der Waals surface area contributed by atoms with Gasteiger partial charge in [0.2, 0.25) is 5.91 Å². The summed E-state index contributed by atoms with van der Waals surface area (Å²) in [5.74, 6) is 0.268. The molecule has 0 spiro atoms. The van der Waals surface area contributed by atoms with Gasteiger partial charge in [0.25, 0.3) is 5.91 Å². The van der Waals surface area contributed by atoms with Crippen molar-refractivity contribution in [1.82, 2.24) is 9.80 Å². The molecule has 7 heteroatoms. The second-order valence-electron chi connectivity index (χ2n) is 8.82. The number of amides is 2. The molecule has 0 aliphatic heterocycles. The van der Waals surface area contributed by atoms with Gasteiger partial charge in [-0.1, -0.05) is 32.4 Å². The van der Waals surface area contributed by atoms with Crippen LogP contribution in [0.2, 0.25) is 0 Å². The van der Waals surface area contributed by atoms with Crippen molar-refractivity contribution < 1.29 is 18.7 Å². The van der Waals surface area contributed by atoms with Gasteiger partial charge in [-0.15, -0.1) is 11.3 Å². The van der Waals surface area contributed by atoms with E-state index in [-0.39, 0.29) is 30.1 Å². The number of hydrogen-bond donors (Lipinski definition) is 0. The van der Waals surface area contributed by atoms with E-state index in [9.17, 15) is 14.0 Å². The Hall–Kier alpha value is -3.19. The molecule has 3 rings (SSSR count). The highest BCUT2D eigenvalue weighted by Crippen LogP contribution is 2.20. The highest BCUT2D eigenvalue weighted by Gasteiger charge is 2.24. The Labute approximate surface area is 211 Å². The normalized spacial score (nSPS) is 11.7. The molecule has 5 nitrogen and oxygen atoms in total. The van der Waals surface area contributed by atoms with Gasteiger partial charge in [0, 0.05) is 28.4 Å². The fourth-order valence-electron chi connectivity index (χ4n) is 3.70. The van der Waals surface area contributed by atoms with Gasteiger partial charge >= 0.3 is 0 Å². The van der Waals surface area contributed by atoms with E-state index in [0.29, 0.717) is 30.9 Å². The van der Waals surface area contributed by atoms with Crippen LogP contribution in [0.5, 0.6) is 5.75 Å². The Kier molecular flexibility index (Phi) is 9.43. The Morgan fingerprint density at radius 2 is 1.66 bits per heavy atom. The number of thiophene rings is 1. The molecule has 1 aromatic heterocycles. The first kappa shape index (κ1) is 26.4. The van der Waals surface area contributed by atoms with Gasteiger partial charge in [-0.3, -0.25) is 9.59 Å². The molecule has 3 aromatic rings. The lowest BCUT2D eigenvalue weighted by atomic mass is 10.1. The smallest absolute Gasteiger partial charge is 0.254 e. The van der Waals surface area contributed by atoms with Gasteiger partial charge in [0.05, 0.1) is 13.7 Å². The van der Waals surface area contributed by atoms with Crippen LogP contribution < -0.4 is 4.74 Å². The summed E-state index contributed by atoms with van der Waals surface area (Å²) in [6.45, 7) is 7.40. The Bertz CT molecular complexity index is 1110. The molecule has 186 valence electrons. The molecule has 0 saturated heterocycles. The number of rotatable bonds is 11. The van der Waals surface area contributed by atoms with Gasteiger partial charge in [0.1, 0.15) is 18.1 Å². The summed E-state index contributed by atoms with van der Waals surface area (Å²) in [5.41, 5.74) is 1.35. The van der Waals surface area contributed by atoms with Crippen LogP contribution in [0.4, 0.5) is 4.39 Å². The molecule has 35 heavy (non-hydrogen) atoms. The molecule has 0 saturated carbocycles. The second-order valence-corrected chi connectivity index (χ2v) is 10.2. The molecule has 1 atom stereocenters. The van der Waals surface area contributed by atoms with E-state index in [1.54, 1.807) is 64.6 Å². The van der Waals surface area contributed by atoms with E-state index < -0.39 is 0 Å². The van der Waals surface area contributed by atoms with E-state index in [4.69, 9.17) is 4.74 Å². The zero-order valence-corrected chi connectivity index (χ0v) is 21.6. The molecule has 0 radical (unpaired) electrons. The fraction of sp³-hybridized carbons (Fsp3) is 0.357. The third-order valence-electron chi connectivity index (χ3n) is 5.96. The summed E-state index contributed by atoms with van der Waals surface area (Å²) in [6, 6.07) is 17.2. The molecule has 0 bridgehead atoms. The highest BCUT2D eigenvalue weighted by atomic mass is 32.1. The number of aryl methyl sites for hydroxylation is 1. The number of benzene rings is 2. The maximum Gasteiger partial charge on any atom is 0.254 e. The molecular weight excluding hydrogens is 463 g/mol. The maximum absolute atomic E-state index is 13.6. The molecule has 0 unspecified atom stereocenters. The lowest BCUT2D eigenvalue weighted by Gasteiger charge is -2.29. The van der Waals surface area contributed by atoms with E-state index in [0.717, 1.165) is 16.9 Å². The van der Waals surface area contributed by atoms with Crippen LogP contribution >= 0.6 is 11.3 Å². The zero-order chi connectivity index (χ0) is 25.4. The molecule has 1 heterocycles. The van der Waals surface area contributed by atoms with Crippen molar-refractivity contribution in [2.24, 2.45) is 5.92 Å². The second kappa shape index (κ2) is 12.5. The van der Waals surface area contributed by atoms with Crippen molar-refractivity contribution in [2.45, 2.75) is 40.3 Å². The molecule has 2 aromatic carbocycles. The maximum atomic E-state index is 13.6. The van der Waals surface area contributed by atoms with E-state index in [1.165, 1.54) is 17.0 Å². The average Bonchev–Trinajstić information content (AvgIpc) is 3.28. The summed E-state index contributed by atoms with van der Waals surface area (Å²) in [5, 5.41) is 0. The molecule has 0 aliphatic rings. The highest BCUT2D eigenvalue weighted by molar-refractivity contribution is 7.11. The summed E-state index contributed by atoms with van der Waals surface area (Å²) in [7, 11) is 1.58. The van der Waals surface area contributed by atoms with Crippen LogP contribution in [0.3, 0.4) is 0 Å². The van der Waals surface area contributed by atoms with Crippen LogP contribution in [0.15, 0.2) is 60.7 Å². The van der Waals surface area contributed by atoms with Crippen LogP contribution in [0.25, 0.3) is 0 Å². The number of carbonyl (C=O) groups excluding carboxylic acids is 2. The minimum absolute atomic E-state index is 0.0270. The monoisotopic (exact) mass is 496 g/mol. The topological polar surface area (TPSA) is 49.9 Å². The average molecular weight is 497 g/mol. The largest absolute Gasteiger partial charge is 0.497 e. The molecule has 0 N–H and O–H groups in total. The zero-order valence-electron chi connectivity index (χ0n) is 20.8. The summed E-state index contributed by atoms with van der Waals surface area (Å²) in [6.07, 6.45) is 0.897. The number of methoxy groups -OCH3 is 1. The molecular formula is C28H33FN2O3S. The predicted octanol–water partition coefficient (Wildman–Crippen LogP) is 5.92. The number of ether oxygens (including phenoxy) is 1. The SMILES string of the molecule is CC[C@H](C)CN(CC(=O)N(Cc1ccc(F)cc1)Cc1ccc(C)s1)C(=O)c1ccc(OC)cc1. The first-order valence-corrected chi connectivity index (χ1v) is 12.6. The van der Waals surface area contributed by atoms with Crippen molar-refractivity contribution in [3.05, 3.63) is 87.4 Å². The predicted molar refractivity (Wildman–Crippen MR) is 138 cm³/mol. The van der Waals surface area contributed by atoms with E-state index in [1.807, 2.05) is 19.1 Å². The lowest BCUT2D eigenvalue weighted by Crippen LogP contribution is -2.44. The number of hydrogen-bond acceptors (Lipinski definition) is 4. The molecule has 2 amide bonds. The van der Waals surface area contributed by atoms with Crippen LogP contribution in [-0.4, -0.2) is 41.8 Å². The molecule has 0 fully saturated rings. The van der Waals surface area contributed by atoms with Crippen LogP contribution in [0.1, 0.15) is 45.9 Å². The Morgan fingerprint density at radius 1 is 0.971 bits per heavy atom. The van der Waals surface area contributed by atoms with Crippen molar-refractivity contribution in [3.8, 4) is 5.75 Å². The van der Waals surface area contributed by atoms with Crippen molar-refractivity contribution in [2.75, 3.05) is 20.2 Å². The van der Waals surface area contributed by atoms with Crippen molar-refractivity contribution >= 4 is 23.2 Å². The third-order valence-corrected chi connectivity index (χ3v) is 6.95. The first-order valence-electron chi connectivity index (χ1n) is 11.8. The third kappa shape index (κ3) is 7.65. The van der Waals surface area contributed by atoms with Gasteiger partial charge in [0.15, 0.2) is 0 Å². The van der Waals surface area contributed by atoms with Gasteiger partial charge in [-0.25, -0.2) is 4.39 Å². The van der Waals surface area contributed by atoms with Gasteiger partial charge in [-0.2, -0.15) is 0 Å². The summed E-state index contributed by atoms with van der Waals surface area (Å²) in [4.78, 5) is 32.6. The summed E-state index contributed by atoms with van der Waals surface area (Å²) >= 11 is 1.64. The Balaban J connectivity index is 1.83. The minimum Gasteiger partial charge on any atom is -0.497 e. The Morgan fingerprint density at radius 3 is 2.23 bits per heavy atom. The standard InChI is InChI=1S/C28H33FN2O3S/c1-5-20(2)16-31(28(33)23-9-13-25(34-4)14-10-23)19-27(32)30(18-26-15-6-21(3)35-26)17-22-7-11-24(29)12-8-22/h6-15,20H,5,16-19H2,1-4H3/t20-/m0/s1. The molecule has 0 aliphatic carbocycles. The van der Waals surface area contributed by atoms with Crippen molar-refractivity contribution in [3.63, 3.8) is 0 Å². The quantitative estimate of drug-likeness (QED) is 0.331. The minimum atomic E-state index is -0.315. The number of halogens is 1. The van der Waals surface area contributed by atoms with Crippen LogP contribution in [-0.2, 0) is 17.9 Å². The first-order chi connectivity index (χ1) is 16.8. The van der Waals surface area contributed by atoms with Gasteiger partial charge < -0.3 is 14.5 Å². The van der Waals surface area contributed by atoms with E-state index in [2.05, 4.69) is 13.8 Å². The number of carbonyl (C=O) groups is 2. The van der Waals surface area contributed by atoms with Crippen molar-refractivity contribution in [1.29, 1.82) is 0 Å². The fourth-order valence-corrected chi connectivity index (χ4v) is 4.61. The number of nitrogens with zero attached hydrogens (tertiary/aromatic N) is 2. The lowest BCUT2D eigenvalue weighted by molar-refractivity contribution is -0.133. The van der Waals surface area contributed by atoms with E-state index >= 15 is 0 Å².